The zero-order chi connectivity index (χ0) is 21.3. The van der Waals surface area contributed by atoms with Gasteiger partial charge in [0.05, 0.1) is 0 Å². The van der Waals surface area contributed by atoms with Gasteiger partial charge in [0.15, 0.2) is 0 Å². The number of hydrogen-bond acceptors (Lipinski definition) is 2. The van der Waals surface area contributed by atoms with Gasteiger partial charge in [-0.15, -0.1) is 0 Å². The van der Waals surface area contributed by atoms with Crippen LogP contribution in [0, 0.1) is 6.92 Å². The number of likely N-dealkylation sites (N-methyl/N-ethyl adjacent to an activating group) is 1. The third-order valence-corrected chi connectivity index (χ3v) is 11.5. The minimum absolute atomic E-state index is 0.587. The molecule has 1 aromatic heterocycles. The molecule has 0 spiro atoms. The van der Waals surface area contributed by atoms with E-state index in [1.54, 1.807) is 0 Å². The van der Waals surface area contributed by atoms with Gasteiger partial charge in [0.1, 0.15) is 0 Å². The van der Waals surface area contributed by atoms with Crippen LogP contribution in [0.25, 0.3) is 10.9 Å². The van der Waals surface area contributed by atoms with Crippen LogP contribution in [0.2, 0.25) is 3.43 Å². The Morgan fingerprint density at radius 2 is 1.55 bits per heavy atom. The zero-order valence-electron chi connectivity index (χ0n) is 19.9. The normalized spacial score (nSPS) is 12.4. The van der Waals surface area contributed by atoms with E-state index < -0.39 is 21.1 Å². The van der Waals surface area contributed by atoms with E-state index in [4.69, 9.17) is 5.10 Å². The maximum atomic E-state index is 5.28. The Morgan fingerprint density at radius 1 is 0.966 bits per heavy atom. The van der Waals surface area contributed by atoms with E-state index in [0.717, 1.165) is 13.1 Å². The van der Waals surface area contributed by atoms with Crippen molar-refractivity contribution in [2.75, 3.05) is 20.6 Å². The van der Waals surface area contributed by atoms with E-state index in [-0.39, 0.29) is 0 Å². The molecule has 0 aliphatic carbocycles. The van der Waals surface area contributed by atoms with Gasteiger partial charge in [-0.3, -0.25) is 0 Å². The minimum atomic E-state index is -0.819. The summed E-state index contributed by atoms with van der Waals surface area (Å²) in [4.78, 5) is 2.26. The SMILES string of the molecule is CCCC[C](CCCC)(CCCC)[Sn][c]1nn(CCN(C)C)c2cc(C)ccc12. The molecule has 2 aromatic rings. The van der Waals surface area contributed by atoms with E-state index in [1.165, 1.54) is 78.0 Å². The first-order chi connectivity index (χ1) is 13.9. The van der Waals surface area contributed by atoms with E-state index in [1.807, 2.05) is 0 Å². The quantitative estimate of drug-likeness (QED) is 0.296. The van der Waals surface area contributed by atoms with Crippen LogP contribution in [0.15, 0.2) is 18.2 Å². The molecule has 0 aliphatic heterocycles. The van der Waals surface area contributed by atoms with Crippen molar-refractivity contribution >= 4 is 35.8 Å². The van der Waals surface area contributed by atoms with Gasteiger partial charge >= 0.3 is 190 Å². The Hall–Kier alpha value is -0.551. The van der Waals surface area contributed by atoms with Gasteiger partial charge in [-0.05, 0) is 0 Å². The Balaban J connectivity index is 2.41. The number of rotatable bonds is 14. The van der Waals surface area contributed by atoms with Crippen LogP contribution in [0.4, 0.5) is 0 Å². The monoisotopic (exact) mass is 505 g/mol. The molecule has 0 unspecified atom stereocenters. The third kappa shape index (κ3) is 7.27. The zero-order valence-corrected chi connectivity index (χ0v) is 22.7. The van der Waals surface area contributed by atoms with Gasteiger partial charge < -0.3 is 0 Å². The predicted octanol–water partition coefficient (Wildman–Crippen LogP) is 5.97. The fourth-order valence-electron chi connectivity index (χ4n) is 4.20. The molecule has 1 heterocycles. The van der Waals surface area contributed by atoms with Crippen molar-refractivity contribution in [1.29, 1.82) is 0 Å². The molecule has 3 nitrogen and oxygen atoms in total. The van der Waals surface area contributed by atoms with Crippen LogP contribution in [-0.2, 0) is 6.54 Å². The Morgan fingerprint density at radius 3 is 2.07 bits per heavy atom. The molecule has 0 amide bonds. The summed E-state index contributed by atoms with van der Waals surface area (Å²) < 4.78 is 4.40. The molecule has 0 fully saturated rings. The van der Waals surface area contributed by atoms with E-state index in [0.29, 0.717) is 3.43 Å². The van der Waals surface area contributed by atoms with Crippen LogP contribution in [0.3, 0.4) is 0 Å². The van der Waals surface area contributed by atoms with Crippen LogP contribution in [-0.4, -0.2) is 56.5 Å². The second-order valence-electron chi connectivity index (χ2n) is 9.11. The summed E-state index contributed by atoms with van der Waals surface area (Å²) in [7, 11) is 4.31. The van der Waals surface area contributed by atoms with Crippen LogP contribution >= 0.6 is 0 Å². The van der Waals surface area contributed by atoms with E-state index >= 15 is 0 Å². The molecule has 2 radical (unpaired) electrons. The summed E-state index contributed by atoms with van der Waals surface area (Å²) in [6.07, 6.45) is 12.4. The molecule has 162 valence electrons. The summed E-state index contributed by atoms with van der Waals surface area (Å²) in [5, 5.41) is 6.73. The maximum absolute atomic E-state index is 5.28. The molecular weight excluding hydrogens is 461 g/mol. The number of nitrogens with zero attached hydrogens (tertiary/aromatic N) is 3. The van der Waals surface area contributed by atoms with Gasteiger partial charge in [0, 0.05) is 0 Å². The van der Waals surface area contributed by atoms with Crippen LogP contribution < -0.4 is 3.71 Å². The third-order valence-electron chi connectivity index (χ3n) is 6.08. The van der Waals surface area contributed by atoms with Crippen molar-refractivity contribution < 1.29 is 0 Å². The molecule has 2 rings (SSSR count). The van der Waals surface area contributed by atoms with Crippen molar-refractivity contribution in [2.45, 2.75) is 95.5 Å². The van der Waals surface area contributed by atoms with Gasteiger partial charge in [0.2, 0.25) is 0 Å². The first-order valence-corrected chi connectivity index (χ1v) is 14.7. The topological polar surface area (TPSA) is 21.1 Å². The van der Waals surface area contributed by atoms with Crippen molar-refractivity contribution in [3.63, 3.8) is 0 Å². The molecule has 0 saturated heterocycles. The molecule has 0 bridgehead atoms. The van der Waals surface area contributed by atoms with Crippen molar-refractivity contribution in [1.82, 2.24) is 14.7 Å². The summed E-state index contributed by atoms with van der Waals surface area (Å²) in [5.41, 5.74) is 2.70. The molecule has 4 heteroatoms. The summed E-state index contributed by atoms with van der Waals surface area (Å²) >= 11 is -0.819. The van der Waals surface area contributed by atoms with Crippen molar-refractivity contribution in [2.24, 2.45) is 0 Å². The Labute approximate surface area is 189 Å². The van der Waals surface area contributed by atoms with Crippen LogP contribution in [0.5, 0.6) is 0 Å². The van der Waals surface area contributed by atoms with Crippen LogP contribution in [0.1, 0.15) is 84.1 Å². The number of benzene rings is 1. The molecule has 0 N–H and O–H groups in total. The molecular formula is C25H43N3Sn. The summed E-state index contributed by atoms with van der Waals surface area (Å²) in [5.74, 6) is 0. The average molecular weight is 504 g/mol. The van der Waals surface area contributed by atoms with Gasteiger partial charge in [-0.25, -0.2) is 0 Å². The van der Waals surface area contributed by atoms with Gasteiger partial charge in [-0.2, -0.15) is 0 Å². The molecule has 0 atom stereocenters. The second-order valence-corrected chi connectivity index (χ2v) is 14.2. The molecule has 1 aromatic carbocycles. The number of hydrogen-bond donors (Lipinski definition) is 0. The van der Waals surface area contributed by atoms with Gasteiger partial charge in [0.25, 0.3) is 0 Å². The molecule has 0 saturated carbocycles. The first kappa shape index (κ1) is 24.7. The van der Waals surface area contributed by atoms with Crippen molar-refractivity contribution in [3.05, 3.63) is 23.8 Å². The van der Waals surface area contributed by atoms with Crippen molar-refractivity contribution in [3.8, 4) is 0 Å². The average Bonchev–Trinajstić information content (AvgIpc) is 3.03. The fraction of sp³-hybridized carbons (Fsp3) is 0.720. The molecule has 0 aliphatic rings. The van der Waals surface area contributed by atoms with Gasteiger partial charge in [-0.1, -0.05) is 0 Å². The Kier molecular flexibility index (Phi) is 10.5. The number of aryl methyl sites for hydroxylation is 1. The first-order valence-electron chi connectivity index (χ1n) is 11.8. The fourth-order valence-corrected chi connectivity index (χ4v) is 9.69. The summed E-state index contributed by atoms with van der Waals surface area (Å²) in [6.45, 7) is 11.3. The Bertz CT molecular complexity index is 713. The predicted molar refractivity (Wildman–Crippen MR) is 130 cm³/mol. The van der Waals surface area contributed by atoms with E-state index in [9.17, 15) is 0 Å². The standard InChI is InChI=1S/C13H27.C12H16N3.Sn/c1-4-7-10-13(11-8-5-2)12-9-6-3;1-10-4-5-11-9-13-15(12(11)8-10)7-6-14(2)3;/h4-12H2,1-3H3;4-5,8H,6-7H2,1-3H3;. The summed E-state index contributed by atoms with van der Waals surface area (Å²) in [6, 6.07) is 7.01. The number of fused-ring (bicyclic) bond motifs is 1. The van der Waals surface area contributed by atoms with E-state index in [2.05, 4.69) is 69.6 Å². The second kappa shape index (κ2) is 12.3. The number of aromatic nitrogens is 2. The number of unbranched alkanes of at least 4 members (excludes halogenated alkanes) is 3. The molecule has 29 heavy (non-hydrogen) atoms.